The van der Waals surface area contributed by atoms with Gasteiger partial charge in [-0.3, -0.25) is 9.59 Å². The predicted octanol–water partition coefficient (Wildman–Crippen LogP) is 4.99. The summed E-state index contributed by atoms with van der Waals surface area (Å²) >= 11 is 6.26. The lowest BCUT2D eigenvalue weighted by Gasteiger charge is -2.08. The van der Waals surface area contributed by atoms with E-state index in [1.54, 1.807) is 6.08 Å². The number of carbonyl (C=O) groups excluding carboxylic acids is 2. The van der Waals surface area contributed by atoms with Gasteiger partial charge in [0.2, 0.25) is 0 Å². The average molecular weight is 432 g/mol. The molecule has 0 aliphatic carbocycles. The molecule has 1 aliphatic rings. The molecule has 1 saturated heterocycles. The van der Waals surface area contributed by atoms with Gasteiger partial charge >= 0.3 is 0 Å². The number of hydrogen-bond acceptors (Lipinski definition) is 5. The molecule has 0 spiro atoms. The molecule has 0 atom stereocenters. The molecular weight excluding hydrogens is 414 g/mol. The Morgan fingerprint density at radius 3 is 2.40 bits per heavy atom. The van der Waals surface area contributed by atoms with E-state index in [2.05, 4.69) is 5.32 Å². The second-order valence-corrected chi connectivity index (χ2v) is 8.32. The first kappa shape index (κ1) is 20.1. The number of ketones is 1. The van der Waals surface area contributed by atoms with Crippen LogP contribution in [-0.4, -0.2) is 16.0 Å². The third-order valence-corrected chi connectivity index (χ3v) is 5.62. The molecule has 4 rings (SSSR count). The van der Waals surface area contributed by atoms with Gasteiger partial charge in [-0.25, -0.2) is 0 Å². The standard InChI is InChI=1S/C24H17NO3S2/c26-22(18-6-2-1-3-7-18)19-11-9-16(10-12-19)15-28-20-8-4-5-17(13-20)14-21-23(27)25-24(29)30-21/h1-14H,15H2,(H,25,27,29)/b21-14-. The zero-order valence-electron chi connectivity index (χ0n) is 15.8. The van der Waals surface area contributed by atoms with Gasteiger partial charge in [-0.15, -0.1) is 0 Å². The van der Waals surface area contributed by atoms with Crippen molar-refractivity contribution in [3.8, 4) is 5.75 Å². The van der Waals surface area contributed by atoms with Crippen LogP contribution in [0.4, 0.5) is 0 Å². The highest BCUT2D eigenvalue weighted by Crippen LogP contribution is 2.27. The monoisotopic (exact) mass is 431 g/mol. The van der Waals surface area contributed by atoms with E-state index in [0.717, 1.165) is 11.1 Å². The summed E-state index contributed by atoms with van der Waals surface area (Å²) in [6, 6.07) is 24.1. The lowest BCUT2D eigenvalue weighted by Crippen LogP contribution is -2.17. The predicted molar refractivity (Wildman–Crippen MR) is 123 cm³/mol. The van der Waals surface area contributed by atoms with E-state index in [1.807, 2.05) is 78.9 Å². The maximum Gasteiger partial charge on any atom is 0.263 e. The summed E-state index contributed by atoms with van der Waals surface area (Å²) in [5, 5.41) is 2.60. The number of thiocarbonyl (C=S) groups is 1. The number of amides is 1. The van der Waals surface area contributed by atoms with Crippen LogP contribution in [0, 0.1) is 0 Å². The average Bonchev–Trinajstić information content (AvgIpc) is 3.09. The highest BCUT2D eigenvalue weighted by atomic mass is 32.2. The highest BCUT2D eigenvalue weighted by Gasteiger charge is 2.21. The highest BCUT2D eigenvalue weighted by molar-refractivity contribution is 8.26. The first-order chi connectivity index (χ1) is 14.6. The SMILES string of the molecule is O=C1NC(=S)S/C1=C\c1cccc(OCc2ccc(C(=O)c3ccccc3)cc2)c1. The molecule has 1 heterocycles. The maximum absolute atomic E-state index is 12.5. The van der Waals surface area contributed by atoms with Crippen molar-refractivity contribution in [2.75, 3.05) is 0 Å². The Morgan fingerprint density at radius 1 is 0.967 bits per heavy atom. The van der Waals surface area contributed by atoms with Crippen molar-refractivity contribution in [3.63, 3.8) is 0 Å². The van der Waals surface area contributed by atoms with E-state index >= 15 is 0 Å². The van der Waals surface area contributed by atoms with Crippen LogP contribution in [0.2, 0.25) is 0 Å². The Kier molecular flexibility index (Phi) is 6.07. The number of carbonyl (C=O) groups is 2. The van der Waals surface area contributed by atoms with Crippen molar-refractivity contribution in [1.82, 2.24) is 5.32 Å². The van der Waals surface area contributed by atoms with E-state index in [9.17, 15) is 9.59 Å². The van der Waals surface area contributed by atoms with Crippen LogP contribution in [0.15, 0.2) is 83.8 Å². The van der Waals surface area contributed by atoms with E-state index < -0.39 is 0 Å². The Labute approximate surface area is 184 Å². The summed E-state index contributed by atoms with van der Waals surface area (Å²) in [7, 11) is 0. The van der Waals surface area contributed by atoms with Crippen LogP contribution < -0.4 is 10.1 Å². The van der Waals surface area contributed by atoms with Gasteiger partial charge in [-0.1, -0.05) is 90.7 Å². The Hall–Kier alpha value is -3.22. The minimum Gasteiger partial charge on any atom is -0.489 e. The van der Waals surface area contributed by atoms with Crippen molar-refractivity contribution < 1.29 is 14.3 Å². The van der Waals surface area contributed by atoms with Crippen molar-refractivity contribution in [2.45, 2.75) is 6.61 Å². The van der Waals surface area contributed by atoms with Crippen LogP contribution in [0.3, 0.4) is 0 Å². The molecule has 1 amide bonds. The summed E-state index contributed by atoms with van der Waals surface area (Å²) in [4.78, 5) is 24.9. The molecule has 0 bridgehead atoms. The lowest BCUT2D eigenvalue weighted by atomic mass is 10.0. The molecule has 0 aromatic heterocycles. The maximum atomic E-state index is 12.5. The summed E-state index contributed by atoms with van der Waals surface area (Å²) < 4.78 is 6.35. The number of thioether (sulfide) groups is 1. The molecular formula is C24H17NO3S2. The fourth-order valence-electron chi connectivity index (χ4n) is 2.94. The Bertz CT molecular complexity index is 1140. The number of benzene rings is 3. The molecule has 1 fully saturated rings. The third kappa shape index (κ3) is 4.84. The van der Waals surface area contributed by atoms with Gasteiger partial charge in [-0.2, -0.15) is 0 Å². The number of nitrogens with one attached hydrogen (secondary N) is 1. The normalized spacial score (nSPS) is 14.6. The first-order valence-electron chi connectivity index (χ1n) is 9.25. The van der Waals surface area contributed by atoms with Crippen molar-refractivity contribution >= 4 is 46.1 Å². The molecule has 4 nitrogen and oxygen atoms in total. The summed E-state index contributed by atoms with van der Waals surface area (Å²) in [6.45, 7) is 0.374. The molecule has 1 aliphatic heterocycles. The minimum atomic E-state index is -0.179. The van der Waals surface area contributed by atoms with E-state index in [-0.39, 0.29) is 11.7 Å². The first-order valence-corrected chi connectivity index (χ1v) is 10.5. The summed E-state index contributed by atoms with van der Waals surface area (Å²) in [6.07, 6.45) is 1.79. The summed E-state index contributed by atoms with van der Waals surface area (Å²) in [5.74, 6) is 0.512. The lowest BCUT2D eigenvalue weighted by molar-refractivity contribution is -0.115. The molecule has 148 valence electrons. The largest absolute Gasteiger partial charge is 0.489 e. The van der Waals surface area contributed by atoms with Gasteiger partial charge in [-0.05, 0) is 29.3 Å². The van der Waals surface area contributed by atoms with Gasteiger partial charge < -0.3 is 10.1 Å². The zero-order valence-corrected chi connectivity index (χ0v) is 17.5. The van der Waals surface area contributed by atoms with Crippen LogP contribution in [-0.2, 0) is 11.4 Å². The number of ether oxygens (including phenoxy) is 1. The number of rotatable bonds is 6. The van der Waals surface area contributed by atoms with Crippen LogP contribution in [0.5, 0.6) is 5.75 Å². The quantitative estimate of drug-likeness (QED) is 0.339. The van der Waals surface area contributed by atoms with Gasteiger partial charge in [0, 0.05) is 11.1 Å². The molecule has 1 N–H and O–H groups in total. The van der Waals surface area contributed by atoms with Gasteiger partial charge in [0.1, 0.15) is 16.7 Å². The molecule has 0 radical (unpaired) electrons. The van der Waals surface area contributed by atoms with Crippen LogP contribution in [0.1, 0.15) is 27.0 Å². The Balaban J connectivity index is 1.40. The second kappa shape index (κ2) is 9.07. The van der Waals surface area contributed by atoms with Crippen LogP contribution >= 0.6 is 24.0 Å². The summed E-state index contributed by atoms with van der Waals surface area (Å²) in [5.41, 5.74) is 3.13. The molecule has 0 unspecified atom stereocenters. The van der Waals surface area contributed by atoms with Gasteiger partial charge in [0.05, 0.1) is 4.91 Å². The van der Waals surface area contributed by atoms with E-state index in [1.165, 1.54) is 11.8 Å². The fourth-order valence-corrected chi connectivity index (χ4v) is 3.99. The molecule has 0 saturated carbocycles. The van der Waals surface area contributed by atoms with E-state index in [0.29, 0.717) is 32.7 Å². The van der Waals surface area contributed by atoms with Crippen molar-refractivity contribution in [3.05, 3.63) is 106 Å². The van der Waals surface area contributed by atoms with Crippen LogP contribution in [0.25, 0.3) is 6.08 Å². The topological polar surface area (TPSA) is 55.4 Å². The second-order valence-electron chi connectivity index (χ2n) is 6.61. The molecule has 3 aromatic carbocycles. The Morgan fingerprint density at radius 2 is 1.70 bits per heavy atom. The van der Waals surface area contributed by atoms with E-state index in [4.69, 9.17) is 17.0 Å². The van der Waals surface area contributed by atoms with Crippen molar-refractivity contribution in [2.24, 2.45) is 0 Å². The minimum absolute atomic E-state index is 0.00268. The molecule has 30 heavy (non-hydrogen) atoms. The smallest absolute Gasteiger partial charge is 0.263 e. The zero-order chi connectivity index (χ0) is 20.9. The number of hydrogen-bond donors (Lipinski definition) is 1. The molecule has 6 heteroatoms. The van der Waals surface area contributed by atoms with Crippen molar-refractivity contribution in [1.29, 1.82) is 0 Å². The fraction of sp³-hybridized carbons (Fsp3) is 0.0417. The molecule has 3 aromatic rings. The van der Waals surface area contributed by atoms with Gasteiger partial charge in [0.15, 0.2) is 5.78 Å². The van der Waals surface area contributed by atoms with Gasteiger partial charge in [0.25, 0.3) is 5.91 Å². The third-order valence-electron chi connectivity index (χ3n) is 4.46.